The summed E-state index contributed by atoms with van der Waals surface area (Å²) in [5.74, 6) is 0.442. The van der Waals surface area contributed by atoms with Crippen LogP contribution in [0.15, 0.2) is 30.3 Å². The van der Waals surface area contributed by atoms with E-state index in [1.165, 1.54) is 7.11 Å². The molecule has 15 heavy (non-hydrogen) atoms. The Bertz CT molecular complexity index is 557. The van der Waals surface area contributed by atoms with Crippen molar-refractivity contribution >= 4 is 22.4 Å². The van der Waals surface area contributed by atoms with Gasteiger partial charge in [0.1, 0.15) is 6.07 Å². The van der Waals surface area contributed by atoms with Crippen molar-refractivity contribution in [1.82, 2.24) is 0 Å². The lowest BCUT2D eigenvalue weighted by molar-refractivity contribution is 0.414. The van der Waals surface area contributed by atoms with Crippen LogP contribution < -0.4 is 4.74 Å². The Labute approximate surface area is 92.7 Å². The normalized spacial score (nSPS) is 9.93. The van der Waals surface area contributed by atoms with Gasteiger partial charge in [-0.05, 0) is 11.5 Å². The molecule has 0 radical (unpaired) electrons. The fourth-order valence-electron chi connectivity index (χ4n) is 1.57. The Balaban J connectivity index is 2.89. The van der Waals surface area contributed by atoms with E-state index >= 15 is 0 Å². The Morgan fingerprint density at radius 3 is 2.73 bits per heavy atom. The summed E-state index contributed by atoms with van der Waals surface area (Å²) in [6.07, 6.45) is 0. The highest BCUT2D eigenvalue weighted by Gasteiger charge is 2.11. The molecule has 0 saturated heterocycles. The lowest BCUT2D eigenvalue weighted by Gasteiger charge is -2.08. The first-order valence-corrected chi connectivity index (χ1v) is 4.81. The third kappa shape index (κ3) is 1.51. The second-order valence-corrected chi connectivity index (χ2v) is 3.48. The quantitative estimate of drug-likeness (QED) is 0.734. The van der Waals surface area contributed by atoms with Gasteiger partial charge in [-0.2, -0.15) is 5.26 Å². The van der Waals surface area contributed by atoms with Crippen LogP contribution in [0.2, 0.25) is 5.02 Å². The first-order chi connectivity index (χ1) is 7.27. The molecule has 3 heteroatoms. The molecule has 74 valence electrons. The van der Waals surface area contributed by atoms with Crippen LogP contribution in [0, 0.1) is 11.3 Å². The summed E-state index contributed by atoms with van der Waals surface area (Å²) in [5.41, 5.74) is 0.459. The predicted octanol–water partition coefficient (Wildman–Crippen LogP) is 3.37. The van der Waals surface area contributed by atoms with Gasteiger partial charge in [0.15, 0.2) is 5.75 Å². The smallest absolute Gasteiger partial charge is 0.155 e. The molecule has 0 bridgehead atoms. The van der Waals surface area contributed by atoms with E-state index in [0.29, 0.717) is 16.3 Å². The van der Waals surface area contributed by atoms with Crippen LogP contribution >= 0.6 is 11.6 Å². The van der Waals surface area contributed by atoms with Gasteiger partial charge in [-0.15, -0.1) is 0 Å². The van der Waals surface area contributed by atoms with Crippen molar-refractivity contribution in [3.8, 4) is 11.8 Å². The number of methoxy groups -OCH3 is 1. The standard InChI is InChI=1S/C12H8ClNO/c1-15-12-9(7-14)6-8-4-2-3-5-10(8)11(12)13/h2-6H,1H3. The summed E-state index contributed by atoms with van der Waals surface area (Å²) < 4.78 is 5.12. The van der Waals surface area contributed by atoms with Gasteiger partial charge < -0.3 is 4.74 Å². The number of nitrogens with zero attached hydrogens (tertiary/aromatic N) is 1. The average Bonchev–Trinajstić information content (AvgIpc) is 2.29. The van der Waals surface area contributed by atoms with Gasteiger partial charge in [0.2, 0.25) is 0 Å². The number of benzene rings is 2. The number of hydrogen-bond donors (Lipinski definition) is 0. The number of nitriles is 1. The fraction of sp³-hybridized carbons (Fsp3) is 0.0833. The summed E-state index contributed by atoms with van der Waals surface area (Å²) in [6.45, 7) is 0. The molecule has 2 aromatic rings. The molecule has 0 spiro atoms. The zero-order chi connectivity index (χ0) is 10.8. The van der Waals surface area contributed by atoms with Crippen molar-refractivity contribution in [1.29, 1.82) is 5.26 Å². The van der Waals surface area contributed by atoms with E-state index < -0.39 is 0 Å². The fourth-order valence-corrected chi connectivity index (χ4v) is 1.92. The highest BCUT2D eigenvalue weighted by atomic mass is 35.5. The van der Waals surface area contributed by atoms with Gasteiger partial charge in [0.05, 0.1) is 17.7 Å². The van der Waals surface area contributed by atoms with E-state index in [0.717, 1.165) is 10.8 Å². The van der Waals surface area contributed by atoms with Crippen molar-refractivity contribution in [2.75, 3.05) is 7.11 Å². The van der Waals surface area contributed by atoms with Gasteiger partial charge >= 0.3 is 0 Å². The summed E-state index contributed by atoms with van der Waals surface area (Å²) in [6, 6.07) is 11.5. The maximum atomic E-state index is 8.94. The molecule has 0 atom stereocenters. The molecule has 0 aliphatic carbocycles. The Hall–Kier alpha value is -1.72. The minimum absolute atomic E-state index is 0.442. The van der Waals surface area contributed by atoms with E-state index in [1.54, 1.807) is 6.07 Å². The van der Waals surface area contributed by atoms with Crippen LogP contribution in [-0.2, 0) is 0 Å². The van der Waals surface area contributed by atoms with Crippen LogP contribution in [0.4, 0.5) is 0 Å². The van der Waals surface area contributed by atoms with Crippen LogP contribution in [0.1, 0.15) is 5.56 Å². The Kier molecular flexibility index (Phi) is 2.49. The number of rotatable bonds is 1. The Morgan fingerprint density at radius 1 is 1.33 bits per heavy atom. The molecule has 2 rings (SSSR count). The molecule has 0 aromatic heterocycles. The number of fused-ring (bicyclic) bond motifs is 1. The zero-order valence-corrected chi connectivity index (χ0v) is 8.88. The molecule has 0 heterocycles. The second-order valence-electron chi connectivity index (χ2n) is 3.10. The first kappa shape index (κ1) is 9.82. The van der Waals surface area contributed by atoms with Crippen LogP contribution in [0.5, 0.6) is 5.75 Å². The van der Waals surface area contributed by atoms with Gasteiger partial charge in [-0.25, -0.2) is 0 Å². The number of hydrogen-bond acceptors (Lipinski definition) is 2. The van der Waals surface area contributed by atoms with E-state index in [4.69, 9.17) is 21.6 Å². The molecular formula is C12H8ClNO. The molecule has 2 nitrogen and oxygen atoms in total. The molecule has 0 amide bonds. The van der Waals surface area contributed by atoms with E-state index in [1.807, 2.05) is 24.3 Å². The largest absolute Gasteiger partial charge is 0.494 e. The molecule has 0 aliphatic rings. The van der Waals surface area contributed by atoms with Gasteiger partial charge in [0.25, 0.3) is 0 Å². The lowest BCUT2D eigenvalue weighted by Crippen LogP contribution is -1.90. The topological polar surface area (TPSA) is 33.0 Å². The maximum absolute atomic E-state index is 8.94. The highest BCUT2D eigenvalue weighted by molar-refractivity contribution is 6.37. The highest BCUT2D eigenvalue weighted by Crippen LogP contribution is 2.35. The Morgan fingerprint density at radius 2 is 2.07 bits per heavy atom. The number of ether oxygens (including phenoxy) is 1. The third-order valence-corrected chi connectivity index (χ3v) is 2.64. The summed E-state index contributed by atoms with van der Waals surface area (Å²) in [4.78, 5) is 0. The van der Waals surface area contributed by atoms with Crippen molar-refractivity contribution in [3.05, 3.63) is 40.9 Å². The van der Waals surface area contributed by atoms with Crippen molar-refractivity contribution in [2.24, 2.45) is 0 Å². The second kappa shape index (κ2) is 3.80. The average molecular weight is 218 g/mol. The molecule has 0 saturated carbocycles. The van der Waals surface area contributed by atoms with Crippen LogP contribution in [0.3, 0.4) is 0 Å². The van der Waals surface area contributed by atoms with Crippen molar-refractivity contribution in [2.45, 2.75) is 0 Å². The minimum Gasteiger partial charge on any atom is -0.494 e. The summed E-state index contributed by atoms with van der Waals surface area (Å²) in [7, 11) is 1.51. The molecule has 0 N–H and O–H groups in total. The van der Waals surface area contributed by atoms with Gasteiger partial charge in [-0.3, -0.25) is 0 Å². The molecule has 2 aromatic carbocycles. The SMILES string of the molecule is COc1c(C#N)cc2ccccc2c1Cl. The number of halogens is 1. The minimum atomic E-state index is 0.442. The van der Waals surface area contributed by atoms with Crippen LogP contribution in [0.25, 0.3) is 10.8 Å². The monoisotopic (exact) mass is 217 g/mol. The predicted molar refractivity (Wildman–Crippen MR) is 60.2 cm³/mol. The molecule has 0 unspecified atom stereocenters. The van der Waals surface area contributed by atoms with E-state index in [2.05, 4.69) is 6.07 Å². The van der Waals surface area contributed by atoms with Crippen molar-refractivity contribution < 1.29 is 4.74 Å². The zero-order valence-electron chi connectivity index (χ0n) is 8.12. The molecule has 0 aliphatic heterocycles. The molecule has 0 fully saturated rings. The summed E-state index contributed by atoms with van der Waals surface area (Å²) in [5, 5.41) is 11.3. The van der Waals surface area contributed by atoms with Crippen molar-refractivity contribution in [3.63, 3.8) is 0 Å². The summed E-state index contributed by atoms with van der Waals surface area (Å²) >= 11 is 6.15. The first-order valence-electron chi connectivity index (χ1n) is 4.43. The lowest BCUT2D eigenvalue weighted by atomic mass is 10.1. The van der Waals surface area contributed by atoms with Gasteiger partial charge in [-0.1, -0.05) is 35.9 Å². The van der Waals surface area contributed by atoms with Crippen LogP contribution in [-0.4, -0.2) is 7.11 Å². The van der Waals surface area contributed by atoms with Gasteiger partial charge in [0, 0.05) is 5.39 Å². The molecular weight excluding hydrogens is 210 g/mol. The maximum Gasteiger partial charge on any atom is 0.155 e. The third-order valence-electron chi connectivity index (χ3n) is 2.27. The van der Waals surface area contributed by atoms with E-state index in [9.17, 15) is 0 Å². The van der Waals surface area contributed by atoms with E-state index in [-0.39, 0.29) is 0 Å².